The van der Waals surface area contributed by atoms with Crippen LogP contribution in [-0.2, 0) is 6.42 Å². The predicted octanol–water partition coefficient (Wildman–Crippen LogP) is 1.59. The molecule has 0 aliphatic carbocycles. The van der Waals surface area contributed by atoms with Gasteiger partial charge in [0.1, 0.15) is 0 Å². The Labute approximate surface area is 106 Å². The Hall–Kier alpha value is -1.81. The molecule has 0 bridgehead atoms. The molecule has 18 heavy (non-hydrogen) atoms. The Bertz CT molecular complexity index is 622. The highest BCUT2D eigenvalue weighted by atomic mass is 16.1. The fourth-order valence-corrected chi connectivity index (χ4v) is 2.19. The van der Waals surface area contributed by atoms with Crippen molar-refractivity contribution in [2.24, 2.45) is 5.73 Å². The lowest BCUT2D eigenvalue weighted by atomic mass is 10.1. The van der Waals surface area contributed by atoms with Gasteiger partial charge in [-0.25, -0.2) is 0 Å². The van der Waals surface area contributed by atoms with Crippen molar-refractivity contribution in [2.45, 2.75) is 27.2 Å². The Morgan fingerprint density at radius 3 is 2.67 bits per heavy atom. The van der Waals surface area contributed by atoms with Gasteiger partial charge in [-0.2, -0.15) is 0 Å². The molecule has 0 saturated heterocycles. The van der Waals surface area contributed by atoms with Gasteiger partial charge in [0.2, 0.25) is 0 Å². The van der Waals surface area contributed by atoms with Crippen molar-refractivity contribution in [3.8, 4) is 5.69 Å². The second-order valence-electron chi connectivity index (χ2n) is 4.67. The topological polar surface area (TPSA) is 63.8 Å². The zero-order valence-electron chi connectivity index (χ0n) is 11.1. The van der Waals surface area contributed by atoms with E-state index in [-0.39, 0.29) is 5.56 Å². The van der Waals surface area contributed by atoms with E-state index in [4.69, 9.17) is 5.73 Å². The van der Waals surface area contributed by atoms with E-state index in [9.17, 15) is 4.79 Å². The molecule has 0 atom stereocenters. The summed E-state index contributed by atoms with van der Waals surface area (Å²) in [7, 11) is 0. The highest BCUT2D eigenvalue weighted by Gasteiger charge is 2.12. The third kappa shape index (κ3) is 2.11. The first kappa shape index (κ1) is 12.6. The van der Waals surface area contributed by atoms with Crippen LogP contribution in [0, 0.1) is 20.8 Å². The van der Waals surface area contributed by atoms with Crippen LogP contribution in [0.1, 0.15) is 22.4 Å². The molecule has 0 fully saturated rings. The third-order valence-electron chi connectivity index (χ3n) is 3.26. The SMILES string of the molecule is Cc1ccc(C)c(-n2[nH]c(=O)c(CCN)c2C)c1. The molecule has 1 aromatic carbocycles. The van der Waals surface area contributed by atoms with Crippen molar-refractivity contribution in [2.75, 3.05) is 6.54 Å². The second-order valence-corrected chi connectivity index (χ2v) is 4.67. The molecule has 2 aromatic rings. The van der Waals surface area contributed by atoms with Gasteiger partial charge >= 0.3 is 0 Å². The van der Waals surface area contributed by atoms with Gasteiger partial charge in [0.15, 0.2) is 0 Å². The maximum atomic E-state index is 11.9. The molecule has 0 spiro atoms. The quantitative estimate of drug-likeness (QED) is 0.862. The van der Waals surface area contributed by atoms with Crippen LogP contribution in [0.15, 0.2) is 23.0 Å². The molecule has 2 rings (SSSR count). The van der Waals surface area contributed by atoms with Gasteiger partial charge < -0.3 is 5.73 Å². The molecule has 4 nitrogen and oxygen atoms in total. The van der Waals surface area contributed by atoms with Crippen molar-refractivity contribution in [3.05, 3.63) is 50.9 Å². The summed E-state index contributed by atoms with van der Waals surface area (Å²) < 4.78 is 1.86. The first-order chi connectivity index (χ1) is 8.54. The minimum atomic E-state index is -0.0427. The molecule has 0 saturated carbocycles. The number of benzene rings is 1. The van der Waals surface area contributed by atoms with Gasteiger partial charge in [0.25, 0.3) is 5.56 Å². The van der Waals surface area contributed by atoms with E-state index in [1.54, 1.807) is 0 Å². The minimum Gasteiger partial charge on any atom is -0.330 e. The van der Waals surface area contributed by atoms with Crippen LogP contribution in [0.5, 0.6) is 0 Å². The molecule has 1 heterocycles. The van der Waals surface area contributed by atoms with Crippen LogP contribution in [0.25, 0.3) is 5.69 Å². The van der Waals surface area contributed by atoms with Crippen LogP contribution in [0.4, 0.5) is 0 Å². The maximum absolute atomic E-state index is 11.9. The van der Waals surface area contributed by atoms with Crippen LogP contribution in [0.3, 0.4) is 0 Å². The number of nitrogens with zero attached hydrogens (tertiary/aromatic N) is 1. The number of nitrogens with two attached hydrogens (primary N) is 1. The van der Waals surface area contributed by atoms with Crippen molar-refractivity contribution in [1.29, 1.82) is 0 Å². The van der Waals surface area contributed by atoms with E-state index in [1.807, 2.05) is 25.5 Å². The monoisotopic (exact) mass is 245 g/mol. The number of aryl methyl sites for hydroxylation is 2. The van der Waals surface area contributed by atoms with Crippen LogP contribution in [-0.4, -0.2) is 16.3 Å². The normalized spacial score (nSPS) is 10.9. The zero-order chi connectivity index (χ0) is 13.3. The van der Waals surface area contributed by atoms with Crippen LogP contribution in [0.2, 0.25) is 0 Å². The molecule has 0 unspecified atom stereocenters. The third-order valence-corrected chi connectivity index (χ3v) is 3.26. The van der Waals surface area contributed by atoms with Gasteiger partial charge in [-0.3, -0.25) is 14.6 Å². The van der Waals surface area contributed by atoms with E-state index in [0.717, 1.165) is 22.5 Å². The molecule has 1 aromatic heterocycles. The Kier molecular flexibility index (Phi) is 3.39. The lowest BCUT2D eigenvalue weighted by Crippen LogP contribution is -2.12. The van der Waals surface area contributed by atoms with Crippen LogP contribution >= 0.6 is 0 Å². The number of hydrogen-bond donors (Lipinski definition) is 2. The summed E-state index contributed by atoms with van der Waals surface area (Å²) in [6, 6.07) is 6.20. The van der Waals surface area contributed by atoms with Gasteiger partial charge in [-0.15, -0.1) is 0 Å². The average Bonchev–Trinajstić information content (AvgIpc) is 2.61. The van der Waals surface area contributed by atoms with Crippen molar-refractivity contribution in [3.63, 3.8) is 0 Å². The second kappa shape index (κ2) is 4.82. The summed E-state index contributed by atoms with van der Waals surface area (Å²) in [6.07, 6.45) is 0.610. The molecule has 0 radical (unpaired) electrons. The van der Waals surface area contributed by atoms with E-state index in [2.05, 4.69) is 23.3 Å². The summed E-state index contributed by atoms with van der Waals surface area (Å²) >= 11 is 0. The first-order valence-electron chi connectivity index (χ1n) is 6.12. The van der Waals surface area contributed by atoms with E-state index in [1.165, 1.54) is 5.56 Å². The largest absolute Gasteiger partial charge is 0.330 e. The summed E-state index contributed by atoms with van der Waals surface area (Å²) in [4.78, 5) is 11.9. The molecular formula is C14H19N3O. The predicted molar refractivity (Wildman–Crippen MR) is 73.4 cm³/mol. The fourth-order valence-electron chi connectivity index (χ4n) is 2.19. The maximum Gasteiger partial charge on any atom is 0.267 e. The summed E-state index contributed by atoms with van der Waals surface area (Å²) in [5, 5.41) is 2.89. The number of nitrogens with one attached hydrogen (secondary N) is 1. The summed E-state index contributed by atoms with van der Waals surface area (Å²) in [6.45, 7) is 6.52. The van der Waals surface area contributed by atoms with Crippen molar-refractivity contribution >= 4 is 0 Å². The molecule has 0 aliphatic heterocycles. The Morgan fingerprint density at radius 1 is 1.28 bits per heavy atom. The van der Waals surface area contributed by atoms with Crippen molar-refractivity contribution < 1.29 is 0 Å². The fraction of sp³-hybridized carbons (Fsp3) is 0.357. The number of rotatable bonds is 3. The van der Waals surface area contributed by atoms with Crippen molar-refractivity contribution in [1.82, 2.24) is 9.78 Å². The lowest BCUT2D eigenvalue weighted by molar-refractivity contribution is 0.825. The van der Waals surface area contributed by atoms with Gasteiger partial charge in [0.05, 0.1) is 5.69 Å². The molecule has 96 valence electrons. The molecule has 0 aliphatic rings. The lowest BCUT2D eigenvalue weighted by Gasteiger charge is -2.10. The number of aromatic nitrogens is 2. The Morgan fingerprint density at radius 2 is 2.00 bits per heavy atom. The van der Waals surface area contributed by atoms with E-state index < -0.39 is 0 Å². The highest BCUT2D eigenvalue weighted by Crippen LogP contribution is 2.17. The summed E-state index contributed by atoms with van der Waals surface area (Å²) in [5.74, 6) is 0. The van der Waals surface area contributed by atoms with Gasteiger partial charge in [-0.1, -0.05) is 12.1 Å². The van der Waals surface area contributed by atoms with E-state index in [0.29, 0.717) is 13.0 Å². The molecule has 4 heteroatoms. The van der Waals surface area contributed by atoms with Gasteiger partial charge in [-0.05, 0) is 50.9 Å². The number of hydrogen-bond acceptors (Lipinski definition) is 2. The Balaban J connectivity index is 2.61. The summed E-state index contributed by atoms with van der Waals surface area (Å²) in [5.41, 5.74) is 10.5. The number of aromatic amines is 1. The smallest absolute Gasteiger partial charge is 0.267 e. The molecule has 0 amide bonds. The van der Waals surface area contributed by atoms with Crippen LogP contribution < -0.4 is 11.3 Å². The minimum absolute atomic E-state index is 0.0427. The van der Waals surface area contributed by atoms with Gasteiger partial charge in [0, 0.05) is 11.3 Å². The number of H-pyrrole nitrogens is 1. The molecule has 3 N–H and O–H groups in total. The zero-order valence-corrected chi connectivity index (χ0v) is 11.1. The van der Waals surface area contributed by atoms with E-state index >= 15 is 0 Å². The average molecular weight is 245 g/mol. The highest BCUT2D eigenvalue weighted by molar-refractivity contribution is 5.44. The standard InChI is InChI=1S/C14H19N3O/c1-9-4-5-10(2)13(8-9)17-11(3)12(6-7-15)14(18)16-17/h4-5,8H,6-7,15H2,1-3H3,(H,16,18). The molecular weight excluding hydrogens is 226 g/mol. The first-order valence-corrected chi connectivity index (χ1v) is 6.12.